The van der Waals surface area contributed by atoms with Gasteiger partial charge >= 0.3 is 0 Å². The van der Waals surface area contributed by atoms with Crippen LogP contribution in [0.4, 0.5) is 0 Å². The van der Waals surface area contributed by atoms with Crippen molar-refractivity contribution < 1.29 is 9.94 Å². The minimum Gasteiger partial charge on any atom is -0.372 e. The summed E-state index contributed by atoms with van der Waals surface area (Å²) in [7, 11) is 0. The Hall–Kier alpha value is -2.02. The van der Waals surface area contributed by atoms with Crippen LogP contribution in [-0.2, 0) is 23.1 Å². The fraction of sp³-hybridized carbons (Fsp3) is 0.524. The third-order valence-electron chi connectivity index (χ3n) is 5.01. The van der Waals surface area contributed by atoms with E-state index in [1.807, 2.05) is 52.1 Å². The molecule has 2 heterocycles. The summed E-state index contributed by atoms with van der Waals surface area (Å²) < 4.78 is 7.87. The molecule has 0 N–H and O–H groups in total. The summed E-state index contributed by atoms with van der Waals surface area (Å²) in [6.45, 7) is 8.99. The summed E-state index contributed by atoms with van der Waals surface area (Å²) in [6, 6.07) is 10.2. The summed E-state index contributed by atoms with van der Waals surface area (Å²) in [5.74, 6) is 0. The van der Waals surface area contributed by atoms with Crippen molar-refractivity contribution in [2.24, 2.45) is 0 Å². The highest BCUT2D eigenvalue weighted by molar-refractivity contribution is 5.48. The Morgan fingerprint density at radius 2 is 1.81 bits per heavy atom. The molecule has 1 radical (unpaired) electrons. The van der Waals surface area contributed by atoms with Gasteiger partial charge < -0.3 is 4.74 Å². The average Bonchev–Trinajstić information content (AvgIpc) is 3.06. The molecule has 0 amide bonds. The third-order valence-corrected chi connectivity index (χ3v) is 5.01. The zero-order valence-electron chi connectivity index (χ0n) is 16.6. The van der Waals surface area contributed by atoms with Crippen LogP contribution in [0.2, 0.25) is 0 Å². The maximum absolute atomic E-state index is 12.4. The molecule has 1 fully saturated rings. The number of hydrogen-bond acceptors (Lipinski definition) is 4. The van der Waals surface area contributed by atoms with Gasteiger partial charge in [0.25, 0.3) is 0 Å². The minimum absolute atomic E-state index is 0.0447. The highest BCUT2D eigenvalue weighted by atomic mass is 16.5. The molecule has 0 aliphatic carbocycles. The Bertz CT molecular complexity index is 749. The van der Waals surface area contributed by atoms with Gasteiger partial charge in [-0.3, -0.25) is 0 Å². The van der Waals surface area contributed by atoms with Crippen LogP contribution in [0.1, 0.15) is 51.8 Å². The molecular formula is C21H29N4O2. The SMILES string of the molecule is CC1(C)CC(OCc2cn(C/C=C/c3ccccc3)nn2)CC(C)(C)N1[O]. The van der Waals surface area contributed by atoms with Crippen LogP contribution in [0.5, 0.6) is 0 Å². The first-order valence-electron chi connectivity index (χ1n) is 9.46. The first kappa shape index (κ1) is 19.7. The smallest absolute Gasteiger partial charge is 0.108 e. The molecule has 6 heteroatoms. The molecule has 0 spiro atoms. The Morgan fingerprint density at radius 1 is 1.15 bits per heavy atom. The Morgan fingerprint density at radius 3 is 2.48 bits per heavy atom. The van der Waals surface area contributed by atoms with Gasteiger partial charge in [-0.2, -0.15) is 0 Å². The highest BCUT2D eigenvalue weighted by Gasteiger charge is 2.46. The van der Waals surface area contributed by atoms with Crippen LogP contribution in [0, 0.1) is 0 Å². The molecule has 1 aromatic carbocycles. The van der Waals surface area contributed by atoms with E-state index in [1.54, 1.807) is 4.68 Å². The van der Waals surface area contributed by atoms with Gasteiger partial charge in [-0.05, 0) is 46.1 Å². The number of hydroxylamine groups is 2. The lowest BCUT2D eigenvalue weighted by atomic mass is 9.80. The highest BCUT2D eigenvalue weighted by Crippen LogP contribution is 2.38. The van der Waals surface area contributed by atoms with Crippen molar-refractivity contribution in [3.63, 3.8) is 0 Å². The number of ether oxygens (including phenoxy) is 1. The topological polar surface area (TPSA) is 63.1 Å². The quantitative estimate of drug-likeness (QED) is 0.775. The normalized spacial score (nSPS) is 20.3. The van der Waals surface area contributed by atoms with Crippen LogP contribution in [0.15, 0.2) is 42.6 Å². The van der Waals surface area contributed by atoms with Crippen molar-refractivity contribution in [3.05, 3.63) is 53.9 Å². The van der Waals surface area contributed by atoms with Crippen molar-refractivity contribution in [1.29, 1.82) is 0 Å². The number of rotatable bonds is 6. The predicted molar refractivity (Wildman–Crippen MR) is 104 cm³/mol. The molecule has 3 rings (SSSR count). The number of piperidine rings is 1. The van der Waals surface area contributed by atoms with Crippen LogP contribution in [0.3, 0.4) is 0 Å². The van der Waals surface area contributed by atoms with Gasteiger partial charge in [0.1, 0.15) is 5.69 Å². The van der Waals surface area contributed by atoms with Gasteiger partial charge in [0.05, 0.1) is 25.5 Å². The number of allylic oxidation sites excluding steroid dienone is 1. The zero-order valence-corrected chi connectivity index (χ0v) is 16.6. The van der Waals surface area contributed by atoms with E-state index < -0.39 is 11.1 Å². The Balaban J connectivity index is 1.52. The van der Waals surface area contributed by atoms with E-state index in [0.29, 0.717) is 26.0 Å². The summed E-state index contributed by atoms with van der Waals surface area (Å²) in [5.41, 5.74) is 1.12. The third kappa shape index (κ3) is 5.03. The molecule has 0 bridgehead atoms. The van der Waals surface area contributed by atoms with E-state index in [-0.39, 0.29) is 6.10 Å². The summed E-state index contributed by atoms with van der Waals surface area (Å²) in [4.78, 5) is 0. The fourth-order valence-electron chi connectivity index (χ4n) is 3.85. The standard InChI is InChI=1S/C21H29N4O2/c1-20(2)13-19(14-21(3,4)25(20)26)27-16-18-15-24(23-22-18)12-8-11-17-9-6-5-7-10-17/h5-11,15,19H,12-14,16H2,1-4H3/b11-8+. The molecule has 0 unspecified atom stereocenters. The fourth-order valence-corrected chi connectivity index (χ4v) is 3.85. The minimum atomic E-state index is -0.424. The largest absolute Gasteiger partial charge is 0.372 e. The maximum Gasteiger partial charge on any atom is 0.108 e. The van der Waals surface area contributed by atoms with Crippen molar-refractivity contribution in [2.45, 2.75) is 70.9 Å². The zero-order chi connectivity index (χ0) is 19.5. The van der Waals surface area contributed by atoms with E-state index in [0.717, 1.165) is 11.3 Å². The lowest BCUT2D eigenvalue weighted by Crippen LogP contribution is -2.59. The van der Waals surface area contributed by atoms with Crippen molar-refractivity contribution >= 4 is 6.08 Å². The lowest BCUT2D eigenvalue weighted by molar-refractivity contribution is -0.301. The number of benzene rings is 1. The Labute approximate surface area is 161 Å². The lowest BCUT2D eigenvalue weighted by Gasteiger charge is -2.49. The van der Waals surface area contributed by atoms with Gasteiger partial charge in [0, 0.05) is 11.1 Å². The summed E-state index contributed by atoms with van der Waals surface area (Å²) >= 11 is 0. The van der Waals surface area contributed by atoms with Crippen LogP contribution in [0.25, 0.3) is 6.08 Å². The van der Waals surface area contributed by atoms with Gasteiger partial charge in [0.15, 0.2) is 0 Å². The molecule has 1 aliphatic rings. The molecule has 27 heavy (non-hydrogen) atoms. The molecule has 0 atom stereocenters. The van der Waals surface area contributed by atoms with Gasteiger partial charge in [-0.1, -0.05) is 47.7 Å². The van der Waals surface area contributed by atoms with Crippen molar-refractivity contribution in [1.82, 2.24) is 20.1 Å². The maximum atomic E-state index is 12.4. The molecule has 6 nitrogen and oxygen atoms in total. The average molecular weight is 369 g/mol. The van der Waals surface area contributed by atoms with Gasteiger partial charge in [-0.15, -0.1) is 15.4 Å². The monoisotopic (exact) mass is 369 g/mol. The van der Waals surface area contributed by atoms with Crippen molar-refractivity contribution in [2.75, 3.05) is 0 Å². The van der Waals surface area contributed by atoms with E-state index in [2.05, 4.69) is 34.6 Å². The van der Waals surface area contributed by atoms with Crippen molar-refractivity contribution in [3.8, 4) is 0 Å². The molecule has 2 aromatic rings. The molecule has 0 saturated carbocycles. The van der Waals surface area contributed by atoms with Gasteiger partial charge in [0.2, 0.25) is 0 Å². The van der Waals surface area contributed by atoms with Crippen LogP contribution >= 0.6 is 0 Å². The van der Waals surface area contributed by atoms with Crippen LogP contribution < -0.4 is 0 Å². The summed E-state index contributed by atoms with van der Waals surface area (Å²) in [5, 5.41) is 22.0. The first-order valence-corrected chi connectivity index (χ1v) is 9.46. The Kier molecular flexibility index (Phi) is 5.79. The van der Waals surface area contributed by atoms with E-state index in [1.165, 1.54) is 5.06 Å². The molecule has 1 aliphatic heterocycles. The second-order valence-electron chi connectivity index (χ2n) is 8.51. The molecule has 1 aromatic heterocycles. The number of nitrogens with zero attached hydrogens (tertiary/aromatic N) is 4. The number of aromatic nitrogens is 3. The molecular weight excluding hydrogens is 340 g/mol. The molecule has 1 saturated heterocycles. The summed E-state index contributed by atoms with van der Waals surface area (Å²) in [6.07, 6.45) is 7.52. The van der Waals surface area contributed by atoms with Crippen LogP contribution in [-0.4, -0.2) is 37.2 Å². The predicted octanol–water partition coefficient (Wildman–Crippen LogP) is 3.88. The molecule has 145 valence electrons. The second kappa shape index (κ2) is 7.92. The first-order chi connectivity index (χ1) is 12.8. The van der Waals surface area contributed by atoms with E-state index in [9.17, 15) is 5.21 Å². The number of hydrogen-bond donors (Lipinski definition) is 0. The van der Waals surface area contributed by atoms with E-state index in [4.69, 9.17) is 4.74 Å². The van der Waals surface area contributed by atoms with E-state index >= 15 is 0 Å². The second-order valence-corrected chi connectivity index (χ2v) is 8.51. The van der Waals surface area contributed by atoms with Gasteiger partial charge in [-0.25, -0.2) is 4.68 Å².